The van der Waals surface area contributed by atoms with E-state index in [1.54, 1.807) is 20.8 Å². The van der Waals surface area contributed by atoms with Crippen LogP contribution in [0.5, 0.6) is 0 Å². The largest absolute Gasteiger partial charge is 0.462 e. The summed E-state index contributed by atoms with van der Waals surface area (Å²) in [5.41, 5.74) is 0.852. The Kier molecular flexibility index (Phi) is 8.02. The summed E-state index contributed by atoms with van der Waals surface area (Å²) in [4.78, 5) is 24.9. The van der Waals surface area contributed by atoms with Crippen molar-refractivity contribution in [2.24, 2.45) is 5.41 Å². The van der Waals surface area contributed by atoms with Gasteiger partial charge in [0.25, 0.3) is 0 Å². The van der Waals surface area contributed by atoms with E-state index in [0.717, 1.165) is 11.3 Å². The summed E-state index contributed by atoms with van der Waals surface area (Å²) < 4.78 is 10.2. The second-order valence-electron chi connectivity index (χ2n) is 6.89. The van der Waals surface area contributed by atoms with Gasteiger partial charge < -0.3 is 20.1 Å². The van der Waals surface area contributed by atoms with Gasteiger partial charge >= 0.3 is 11.9 Å². The van der Waals surface area contributed by atoms with E-state index >= 15 is 0 Å². The molecule has 1 unspecified atom stereocenters. The van der Waals surface area contributed by atoms with Crippen LogP contribution >= 0.6 is 23.6 Å². The van der Waals surface area contributed by atoms with Crippen molar-refractivity contribution in [1.29, 1.82) is 0 Å². The van der Waals surface area contributed by atoms with Crippen LogP contribution in [0.3, 0.4) is 0 Å². The van der Waals surface area contributed by atoms with Crippen LogP contribution in [0.25, 0.3) is 0 Å². The van der Waals surface area contributed by atoms with E-state index in [4.69, 9.17) is 21.7 Å². The average Bonchev–Trinajstić information content (AvgIpc) is 2.83. The molecule has 6 nitrogen and oxygen atoms in total. The van der Waals surface area contributed by atoms with Gasteiger partial charge in [0.2, 0.25) is 0 Å². The molecule has 0 saturated heterocycles. The van der Waals surface area contributed by atoms with Gasteiger partial charge in [0.05, 0.1) is 18.8 Å². The van der Waals surface area contributed by atoms with Crippen molar-refractivity contribution < 1.29 is 19.1 Å². The monoisotopic (exact) mass is 400 g/mol. The van der Waals surface area contributed by atoms with Crippen LogP contribution < -0.4 is 10.6 Å². The van der Waals surface area contributed by atoms with Crippen molar-refractivity contribution in [2.75, 3.05) is 18.5 Å². The Morgan fingerprint density at radius 1 is 1.15 bits per heavy atom. The molecule has 26 heavy (non-hydrogen) atoms. The first-order chi connectivity index (χ1) is 12.0. The van der Waals surface area contributed by atoms with Gasteiger partial charge in [-0.3, -0.25) is 0 Å². The molecule has 8 heteroatoms. The fraction of sp³-hybridized carbons (Fsp3) is 0.611. The van der Waals surface area contributed by atoms with Crippen LogP contribution in [-0.4, -0.2) is 36.3 Å². The summed E-state index contributed by atoms with van der Waals surface area (Å²) >= 11 is 6.51. The fourth-order valence-corrected chi connectivity index (χ4v) is 3.43. The van der Waals surface area contributed by atoms with Crippen molar-refractivity contribution in [3.05, 3.63) is 16.0 Å². The molecule has 0 bridgehead atoms. The Morgan fingerprint density at radius 3 is 2.19 bits per heavy atom. The van der Waals surface area contributed by atoms with Gasteiger partial charge in [-0.05, 0) is 50.9 Å². The molecule has 0 radical (unpaired) electrons. The molecule has 1 aromatic rings. The first-order valence-electron chi connectivity index (χ1n) is 8.58. The van der Waals surface area contributed by atoms with Gasteiger partial charge in [0.1, 0.15) is 9.88 Å². The summed E-state index contributed by atoms with van der Waals surface area (Å²) in [5, 5.41) is 7.11. The number of anilines is 1. The van der Waals surface area contributed by atoms with Crippen LogP contribution in [0.1, 0.15) is 67.1 Å². The molecule has 0 saturated carbocycles. The smallest absolute Gasteiger partial charge is 0.348 e. The topological polar surface area (TPSA) is 76.7 Å². The van der Waals surface area contributed by atoms with Crippen LogP contribution in [0.2, 0.25) is 0 Å². The third kappa shape index (κ3) is 5.67. The van der Waals surface area contributed by atoms with Crippen LogP contribution in [0.4, 0.5) is 5.00 Å². The van der Waals surface area contributed by atoms with Crippen molar-refractivity contribution in [3.63, 3.8) is 0 Å². The lowest BCUT2D eigenvalue weighted by atomic mass is 9.88. The standard InChI is InChI=1S/C18H28N2O4S2/c1-8-23-15(21)12-10(3)13(16(22)24-9-2)26-14(12)20-17(25)19-11(4)18(5,6)7/h11H,8-9H2,1-7H3,(H2,19,20,25). The predicted octanol–water partition coefficient (Wildman–Crippen LogP) is 4.13. The second kappa shape index (κ2) is 9.32. The van der Waals surface area contributed by atoms with Crippen LogP contribution in [-0.2, 0) is 9.47 Å². The Balaban J connectivity index is 3.15. The van der Waals surface area contributed by atoms with E-state index in [0.29, 0.717) is 26.1 Å². The molecule has 2 N–H and O–H groups in total. The maximum absolute atomic E-state index is 12.4. The zero-order valence-corrected chi connectivity index (χ0v) is 18.1. The molecule has 1 aromatic heterocycles. The Morgan fingerprint density at radius 2 is 1.69 bits per heavy atom. The lowest BCUT2D eigenvalue weighted by Crippen LogP contribution is -2.43. The van der Waals surface area contributed by atoms with E-state index in [9.17, 15) is 9.59 Å². The summed E-state index contributed by atoms with van der Waals surface area (Å²) in [6, 6.07) is 0.110. The molecule has 1 atom stereocenters. The number of carbonyl (C=O) groups excluding carboxylic acids is 2. The summed E-state index contributed by atoms with van der Waals surface area (Å²) in [7, 11) is 0. The molecular formula is C18H28N2O4S2. The summed E-state index contributed by atoms with van der Waals surface area (Å²) in [6.45, 7) is 14.0. The molecule has 0 aliphatic rings. The summed E-state index contributed by atoms with van der Waals surface area (Å²) in [6.07, 6.45) is 0. The minimum atomic E-state index is -0.494. The lowest BCUT2D eigenvalue weighted by Gasteiger charge is -2.29. The molecular weight excluding hydrogens is 372 g/mol. The molecule has 146 valence electrons. The van der Waals surface area contributed by atoms with E-state index < -0.39 is 11.9 Å². The highest BCUT2D eigenvalue weighted by atomic mass is 32.1. The molecule has 0 amide bonds. The minimum Gasteiger partial charge on any atom is -0.462 e. The Hall–Kier alpha value is -1.67. The van der Waals surface area contributed by atoms with Gasteiger partial charge in [-0.25, -0.2) is 9.59 Å². The number of thiophene rings is 1. The molecule has 0 aliphatic carbocycles. The maximum Gasteiger partial charge on any atom is 0.348 e. The van der Waals surface area contributed by atoms with Crippen molar-refractivity contribution in [1.82, 2.24) is 5.32 Å². The van der Waals surface area contributed by atoms with Gasteiger partial charge in [-0.15, -0.1) is 11.3 Å². The Bertz CT molecular complexity index is 677. The molecule has 0 aromatic carbocycles. The van der Waals surface area contributed by atoms with Gasteiger partial charge in [0.15, 0.2) is 5.11 Å². The number of carbonyl (C=O) groups is 2. The lowest BCUT2D eigenvalue weighted by molar-refractivity contribution is 0.0527. The van der Waals surface area contributed by atoms with Gasteiger partial charge in [0, 0.05) is 6.04 Å². The number of hydrogen-bond donors (Lipinski definition) is 2. The van der Waals surface area contributed by atoms with Crippen molar-refractivity contribution >= 4 is 45.6 Å². The maximum atomic E-state index is 12.4. The minimum absolute atomic E-state index is 0.0111. The number of ether oxygens (including phenoxy) is 2. The second-order valence-corrected chi connectivity index (χ2v) is 8.32. The van der Waals surface area contributed by atoms with Gasteiger partial charge in [-0.1, -0.05) is 20.8 Å². The van der Waals surface area contributed by atoms with E-state index in [-0.39, 0.29) is 24.7 Å². The van der Waals surface area contributed by atoms with Gasteiger partial charge in [-0.2, -0.15) is 0 Å². The number of thiocarbonyl (C=S) groups is 1. The van der Waals surface area contributed by atoms with E-state index in [2.05, 4.69) is 31.4 Å². The third-order valence-corrected chi connectivity index (χ3v) is 5.37. The third-order valence-electron chi connectivity index (χ3n) is 3.96. The molecule has 1 heterocycles. The quantitative estimate of drug-likeness (QED) is 0.549. The predicted molar refractivity (Wildman–Crippen MR) is 109 cm³/mol. The highest BCUT2D eigenvalue weighted by Gasteiger charge is 2.27. The summed E-state index contributed by atoms with van der Waals surface area (Å²) in [5.74, 6) is -0.957. The zero-order valence-electron chi connectivity index (χ0n) is 16.4. The molecule has 0 fully saturated rings. The highest BCUT2D eigenvalue weighted by molar-refractivity contribution is 7.80. The van der Waals surface area contributed by atoms with Crippen LogP contribution in [0.15, 0.2) is 0 Å². The number of rotatable bonds is 6. The van der Waals surface area contributed by atoms with E-state index in [1.165, 1.54) is 0 Å². The van der Waals surface area contributed by atoms with E-state index in [1.807, 2.05) is 6.92 Å². The fourth-order valence-electron chi connectivity index (χ4n) is 1.99. The number of hydrogen-bond acceptors (Lipinski definition) is 6. The highest BCUT2D eigenvalue weighted by Crippen LogP contribution is 2.34. The SMILES string of the molecule is CCOC(=O)c1sc(NC(=S)NC(C)C(C)(C)C)c(C(=O)OCC)c1C. The first kappa shape index (κ1) is 22.4. The van der Waals surface area contributed by atoms with Crippen molar-refractivity contribution in [3.8, 4) is 0 Å². The number of nitrogens with one attached hydrogen (secondary N) is 2. The molecule has 1 rings (SSSR count). The van der Waals surface area contributed by atoms with Crippen LogP contribution in [0, 0.1) is 12.3 Å². The molecule has 0 aliphatic heterocycles. The number of esters is 2. The first-order valence-corrected chi connectivity index (χ1v) is 9.80. The van der Waals surface area contributed by atoms with Crippen molar-refractivity contribution in [2.45, 2.75) is 54.5 Å². The molecule has 0 spiro atoms. The zero-order chi connectivity index (χ0) is 20.1. The Labute approximate surface area is 164 Å². The normalized spacial score (nSPS) is 12.3. The average molecular weight is 401 g/mol.